The van der Waals surface area contributed by atoms with Gasteiger partial charge in [-0.1, -0.05) is 0 Å². The van der Waals surface area contributed by atoms with E-state index in [9.17, 15) is 0 Å². The topological polar surface area (TPSA) is 0 Å². The molecule has 17 heavy (non-hydrogen) atoms. The molecule has 0 aromatic heterocycles. The molecule has 0 unspecified atom stereocenters. The van der Waals surface area contributed by atoms with Crippen LogP contribution in [-0.4, -0.2) is 0 Å². The summed E-state index contributed by atoms with van der Waals surface area (Å²) >= 11 is -0.558. The van der Waals surface area contributed by atoms with Crippen molar-refractivity contribution in [2.45, 2.75) is 48.0 Å². The Morgan fingerprint density at radius 1 is 1.06 bits per heavy atom. The van der Waals surface area contributed by atoms with Crippen molar-refractivity contribution < 1.29 is 23.2 Å². The quantitative estimate of drug-likeness (QED) is 0.677. The van der Waals surface area contributed by atoms with Crippen LogP contribution in [0.3, 0.4) is 0 Å². The third kappa shape index (κ3) is 2.12. The molecular weight excluding hydrogens is 283 g/mol. The van der Waals surface area contributed by atoms with Crippen LogP contribution in [0.4, 0.5) is 0 Å². The summed E-state index contributed by atoms with van der Waals surface area (Å²) < 4.78 is 3.58. The first-order chi connectivity index (χ1) is 7.85. The maximum atomic E-state index is 2.41. The molecule has 1 heteroatoms. The van der Waals surface area contributed by atoms with Gasteiger partial charge in [-0.3, -0.25) is 0 Å². The first kappa shape index (κ1) is 13.3. The zero-order valence-corrected chi connectivity index (χ0v) is 14.3. The summed E-state index contributed by atoms with van der Waals surface area (Å²) in [4.78, 5) is 0. The molecule has 0 spiro atoms. The van der Waals surface area contributed by atoms with Crippen LogP contribution in [0.25, 0.3) is 0 Å². The first-order valence-corrected chi connectivity index (χ1v) is 8.84. The average molecular weight is 306 g/mol. The fourth-order valence-electron chi connectivity index (χ4n) is 2.76. The van der Waals surface area contributed by atoms with Crippen LogP contribution in [-0.2, 0) is 23.2 Å². The van der Waals surface area contributed by atoms with Crippen LogP contribution in [0.15, 0.2) is 41.0 Å². The van der Waals surface area contributed by atoms with Gasteiger partial charge in [0.05, 0.1) is 0 Å². The predicted molar refractivity (Wildman–Crippen MR) is 71.3 cm³/mol. The molecule has 0 aromatic rings. The van der Waals surface area contributed by atoms with Crippen molar-refractivity contribution in [3.05, 3.63) is 41.0 Å². The zero-order chi connectivity index (χ0) is 12.8. The van der Waals surface area contributed by atoms with Crippen LogP contribution in [0.5, 0.6) is 0 Å². The molecule has 2 rings (SSSR count). The van der Waals surface area contributed by atoms with Gasteiger partial charge < -0.3 is 0 Å². The molecule has 0 saturated carbocycles. The second-order valence-corrected chi connectivity index (χ2v) is 9.10. The van der Waals surface area contributed by atoms with E-state index < -0.39 is 23.2 Å². The Morgan fingerprint density at radius 3 is 2.12 bits per heavy atom. The van der Waals surface area contributed by atoms with Gasteiger partial charge in [0.15, 0.2) is 0 Å². The Kier molecular flexibility index (Phi) is 3.52. The fourth-order valence-corrected chi connectivity index (χ4v) is 6.88. The SMILES string of the molecule is CC1=[C]([Zr][C]2=C(C)C(C)=C(C)C2(C)C)CC=C1. The number of rotatable bonds is 2. The molecule has 0 bridgehead atoms. The third-order valence-corrected chi connectivity index (χ3v) is 9.79. The van der Waals surface area contributed by atoms with E-state index in [1.807, 2.05) is 0 Å². The molecule has 0 aromatic carbocycles. The molecule has 0 radical (unpaired) electrons. The predicted octanol–water partition coefficient (Wildman–Crippen LogP) is 4.95. The standard InChI is InChI=1S/C10H15.C6H7.Zr/c1-7-6-10(4,5)9(3)8(7)2;1-6-4-2-3-5-6;/h1-5H3;2,4H,3H2,1H3;. The van der Waals surface area contributed by atoms with Crippen molar-refractivity contribution in [2.75, 3.05) is 0 Å². The van der Waals surface area contributed by atoms with E-state index in [1.54, 1.807) is 28.9 Å². The van der Waals surface area contributed by atoms with Gasteiger partial charge in [0.25, 0.3) is 0 Å². The minimum absolute atomic E-state index is 0.330. The molecule has 2 aliphatic rings. The molecule has 0 atom stereocenters. The van der Waals surface area contributed by atoms with Crippen molar-refractivity contribution in [1.29, 1.82) is 0 Å². The van der Waals surface area contributed by atoms with Gasteiger partial charge in [-0.25, -0.2) is 0 Å². The summed E-state index contributed by atoms with van der Waals surface area (Å²) in [5.41, 5.74) is 6.63. The second kappa shape index (κ2) is 4.50. The molecule has 0 amide bonds. The van der Waals surface area contributed by atoms with Crippen molar-refractivity contribution in [3.8, 4) is 0 Å². The Morgan fingerprint density at radius 2 is 1.71 bits per heavy atom. The van der Waals surface area contributed by atoms with Gasteiger partial charge in [-0.15, -0.1) is 0 Å². The third-order valence-electron chi connectivity index (χ3n) is 4.50. The molecule has 0 saturated heterocycles. The van der Waals surface area contributed by atoms with E-state index in [1.165, 1.54) is 6.42 Å². The van der Waals surface area contributed by atoms with E-state index >= 15 is 0 Å². The van der Waals surface area contributed by atoms with Crippen LogP contribution in [0.1, 0.15) is 48.0 Å². The van der Waals surface area contributed by atoms with Crippen LogP contribution in [0.2, 0.25) is 0 Å². The van der Waals surface area contributed by atoms with Gasteiger partial charge >= 0.3 is 118 Å². The van der Waals surface area contributed by atoms with Gasteiger partial charge in [0, 0.05) is 0 Å². The van der Waals surface area contributed by atoms with E-state index in [-0.39, 0.29) is 0 Å². The Balaban J connectivity index is 2.33. The van der Waals surface area contributed by atoms with E-state index in [0.717, 1.165) is 0 Å². The molecule has 2 aliphatic carbocycles. The molecule has 0 fully saturated rings. The van der Waals surface area contributed by atoms with Crippen LogP contribution < -0.4 is 0 Å². The zero-order valence-electron chi connectivity index (χ0n) is 11.9. The van der Waals surface area contributed by atoms with Gasteiger partial charge in [-0.2, -0.15) is 0 Å². The number of hydrogen-bond donors (Lipinski definition) is 0. The molecule has 0 N–H and O–H groups in total. The molecule has 90 valence electrons. The summed E-state index contributed by atoms with van der Waals surface area (Å²) in [5.74, 6) is 0. The molecular formula is C16H22Zr. The fraction of sp³-hybridized carbons (Fsp3) is 0.500. The molecule has 0 heterocycles. The first-order valence-electron chi connectivity index (χ1n) is 6.38. The van der Waals surface area contributed by atoms with Gasteiger partial charge in [0.2, 0.25) is 0 Å². The molecule has 0 aliphatic heterocycles. The monoisotopic (exact) mass is 304 g/mol. The summed E-state index contributed by atoms with van der Waals surface area (Å²) in [6.45, 7) is 14.1. The van der Waals surface area contributed by atoms with Crippen LogP contribution in [0, 0.1) is 5.41 Å². The Bertz CT molecular complexity index is 482. The van der Waals surface area contributed by atoms with Gasteiger partial charge in [0.1, 0.15) is 0 Å². The Labute approximate surface area is 117 Å². The molecule has 0 nitrogen and oxygen atoms in total. The van der Waals surface area contributed by atoms with Gasteiger partial charge in [-0.05, 0) is 0 Å². The van der Waals surface area contributed by atoms with Crippen molar-refractivity contribution in [1.82, 2.24) is 0 Å². The summed E-state index contributed by atoms with van der Waals surface area (Å²) in [5, 5.41) is 0. The van der Waals surface area contributed by atoms with Crippen molar-refractivity contribution in [3.63, 3.8) is 0 Å². The maximum absolute atomic E-state index is 2.41. The number of allylic oxidation sites excluding steroid dienone is 8. The average Bonchev–Trinajstić information content (AvgIpc) is 2.73. The normalized spacial score (nSPS) is 23.2. The minimum atomic E-state index is -0.558. The second-order valence-electron chi connectivity index (χ2n) is 5.77. The van der Waals surface area contributed by atoms with E-state index in [0.29, 0.717) is 5.41 Å². The summed E-state index contributed by atoms with van der Waals surface area (Å²) in [6, 6.07) is 0. The van der Waals surface area contributed by atoms with E-state index in [2.05, 4.69) is 53.7 Å². The van der Waals surface area contributed by atoms with Crippen LogP contribution >= 0.6 is 0 Å². The summed E-state index contributed by atoms with van der Waals surface area (Å²) in [7, 11) is 0. The van der Waals surface area contributed by atoms with E-state index in [4.69, 9.17) is 0 Å². The van der Waals surface area contributed by atoms with Crippen molar-refractivity contribution in [2.24, 2.45) is 5.41 Å². The Hall–Kier alpha value is -0.157. The summed E-state index contributed by atoms with van der Waals surface area (Å²) in [6.07, 6.45) is 5.86. The van der Waals surface area contributed by atoms with Crippen molar-refractivity contribution >= 4 is 0 Å². The number of hydrogen-bond acceptors (Lipinski definition) is 0.